The Morgan fingerprint density at radius 3 is 2.45 bits per heavy atom. The van der Waals surface area contributed by atoms with Crippen LogP contribution < -0.4 is 10.6 Å². The molecule has 1 aliphatic rings. The summed E-state index contributed by atoms with van der Waals surface area (Å²) in [4.78, 5) is 4.85. The molecule has 1 saturated heterocycles. The van der Waals surface area contributed by atoms with E-state index in [0.717, 1.165) is 26.2 Å². The van der Waals surface area contributed by atoms with Gasteiger partial charge in [-0.15, -0.1) is 24.8 Å². The van der Waals surface area contributed by atoms with Crippen molar-refractivity contribution in [1.82, 2.24) is 4.90 Å². The van der Waals surface area contributed by atoms with Crippen LogP contribution in [-0.4, -0.2) is 44.7 Å². The molecule has 0 saturated carbocycles. The first kappa shape index (κ1) is 19.5. The van der Waals surface area contributed by atoms with E-state index in [1.165, 1.54) is 18.7 Å². The number of hydrogen-bond acceptors (Lipinski definition) is 3. The first-order valence-electron chi connectivity index (χ1n) is 6.82. The molecule has 116 valence electrons. The zero-order valence-corrected chi connectivity index (χ0v) is 14.1. The van der Waals surface area contributed by atoms with Crippen LogP contribution >= 0.6 is 24.8 Å². The van der Waals surface area contributed by atoms with Gasteiger partial charge in [-0.3, -0.25) is 0 Å². The van der Waals surface area contributed by atoms with Crippen LogP contribution in [0.1, 0.15) is 13.3 Å². The summed E-state index contributed by atoms with van der Waals surface area (Å²) in [5, 5.41) is 0. The molecule has 1 fully saturated rings. The number of hydrogen-bond donors (Lipinski definition) is 1. The van der Waals surface area contributed by atoms with E-state index >= 15 is 0 Å². The Labute approximate surface area is 135 Å². The van der Waals surface area contributed by atoms with Gasteiger partial charge in [0.05, 0.1) is 0 Å². The molecule has 0 amide bonds. The molecule has 2 N–H and O–H groups in total. The lowest BCUT2D eigenvalue weighted by atomic mass is 9.90. The number of para-hydroxylation sites is 1. The maximum Gasteiger partial charge on any atom is 0.0364 e. The van der Waals surface area contributed by atoms with E-state index in [-0.39, 0.29) is 24.8 Å². The molecular formula is C15H27Cl2N3. The molecule has 1 heterocycles. The summed E-state index contributed by atoms with van der Waals surface area (Å²) in [5.74, 6) is 0. The molecule has 20 heavy (non-hydrogen) atoms. The van der Waals surface area contributed by atoms with Gasteiger partial charge < -0.3 is 15.5 Å². The number of anilines is 1. The third-order valence-corrected chi connectivity index (χ3v) is 4.08. The maximum atomic E-state index is 5.84. The van der Waals surface area contributed by atoms with Crippen LogP contribution in [0, 0.1) is 5.41 Å². The third kappa shape index (κ3) is 5.13. The minimum absolute atomic E-state index is 0. The van der Waals surface area contributed by atoms with Crippen molar-refractivity contribution in [3.8, 4) is 0 Å². The van der Waals surface area contributed by atoms with Gasteiger partial charge in [0.1, 0.15) is 0 Å². The Morgan fingerprint density at radius 1 is 1.25 bits per heavy atom. The second-order valence-electron chi connectivity index (χ2n) is 5.80. The average Bonchev–Trinajstić information content (AvgIpc) is 2.80. The van der Waals surface area contributed by atoms with Gasteiger partial charge >= 0.3 is 0 Å². The monoisotopic (exact) mass is 319 g/mol. The van der Waals surface area contributed by atoms with Crippen molar-refractivity contribution in [1.29, 1.82) is 0 Å². The zero-order chi connectivity index (χ0) is 13.0. The molecule has 0 radical (unpaired) electrons. The summed E-state index contributed by atoms with van der Waals surface area (Å²) in [6.07, 6.45) is 1.23. The van der Waals surface area contributed by atoms with Crippen molar-refractivity contribution < 1.29 is 0 Å². The first-order valence-corrected chi connectivity index (χ1v) is 6.82. The van der Waals surface area contributed by atoms with E-state index in [4.69, 9.17) is 5.73 Å². The lowest BCUT2D eigenvalue weighted by molar-refractivity contribution is 0.285. The van der Waals surface area contributed by atoms with Crippen molar-refractivity contribution in [3.63, 3.8) is 0 Å². The predicted octanol–water partition coefficient (Wildman–Crippen LogP) is 2.64. The van der Waals surface area contributed by atoms with Crippen molar-refractivity contribution in [2.24, 2.45) is 11.1 Å². The van der Waals surface area contributed by atoms with E-state index in [1.54, 1.807) is 0 Å². The van der Waals surface area contributed by atoms with Crippen LogP contribution in [0.2, 0.25) is 0 Å². The lowest BCUT2D eigenvalue weighted by Gasteiger charge is -2.25. The molecule has 0 aromatic heterocycles. The third-order valence-electron chi connectivity index (χ3n) is 4.08. The van der Waals surface area contributed by atoms with Crippen molar-refractivity contribution in [2.75, 3.05) is 44.7 Å². The maximum absolute atomic E-state index is 5.84. The quantitative estimate of drug-likeness (QED) is 0.905. The Balaban J connectivity index is 0.00000180. The first-order chi connectivity index (χ1) is 8.63. The number of benzene rings is 1. The van der Waals surface area contributed by atoms with Crippen LogP contribution in [0.15, 0.2) is 30.3 Å². The number of likely N-dealkylation sites (tertiary alicyclic amines) is 1. The van der Waals surface area contributed by atoms with Gasteiger partial charge in [0.2, 0.25) is 0 Å². The Bertz CT molecular complexity index is 375. The molecule has 3 nitrogen and oxygen atoms in total. The molecular weight excluding hydrogens is 293 g/mol. The number of nitrogens with two attached hydrogens (primary N) is 1. The summed E-state index contributed by atoms with van der Waals surface area (Å²) >= 11 is 0. The fourth-order valence-electron chi connectivity index (χ4n) is 2.59. The van der Waals surface area contributed by atoms with Crippen LogP contribution in [0.3, 0.4) is 0 Å². The van der Waals surface area contributed by atoms with Crippen molar-refractivity contribution >= 4 is 30.5 Å². The Morgan fingerprint density at radius 2 is 1.90 bits per heavy atom. The average molecular weight is 320 g/mol. The Kier molecular flexibility index (Phi) is 8.52. The van der Waals surface area contributed by atoms with Gasteiger partial charge in [0.15, 0.2) is 0 Å². The highest BCUT2D eigenvalue weighted by molar-refractivity contribution is 5.85. The summed E-state index contributed by atoms with van der Waals surface area (Å²) in [6.45, 7) is 7.64. The molecule has 1 atom stereocenters. The topological polar surface area (TPSA) is 32.5 Å². The molecule has 1 aliphatic heterocycles. The number of likely N-dealkylation sites (N-methyl/N-ethyl adjacent to an activating group) is 1. The molecule has 1 aromatic rings. The molecule has 1 unspecified atom stereocenters. The molecule has 0 spiro atoms. The van der Waals surface area contributed by atoms with Crippen LogP contribution in [-0.2, 0) is 0 Å². The van der Waals surface area contributed by atoms with Gasteiger partial charge in [-0.1, -0.05) is 25.1 Å². The number of halogens is 2. The summed E-state index contributed by atoms with van der Waals surface area (Å²) in [5.41, 5.74) is 7.47. The highest BCUT2D eigenvalue weighted by Crippen LogP contribution is 2.28. The van der Waals surface area contributed by atoms with Gasteiger partial charge in [0.25, 0.3) is 0 Å². The van der Waals surface area contributed by atoms with Crippen molar-refractivity contribution in [2.45, 2.75) is 13.3 Å². The molecule has 0 bridgehead atoms. The number of rotatable bonds is 5. The molecule has 2 rings (SSSR count). The fraction of sp³-hybridized carbons (Fsp3) is 0.600. The summed E-state index contributed by atoms with van der Waals surface area (Å²) < 4.78 is 0. The largest absolute Gasteiger partial charge is 0.373 e. The van der Waals surface area contributed by atoms with Crippen LogP contribution in [0.4, 0.5) is 5.69 Å². The standard InChI is InChI=1S/C15H25N3.2ClH/c1-15(12-16)8-9-18(13-15)11-10-17(2)14-6-4-3-5-7-14;;/h3-7H,8-13,16H2,1-2H3;2*1H. The van der Waals surface area contributed by atoms with E-state index in [9.17, 15) is 0 Å². The number of nitrogens with zero attached hydrogens (tertiary/aromatic N) is 2. The minimum Gasteiger partial charge on any atom is -0.373 e. The highest BCUT2D eigenvalue weighted by atomic mass is 35.5. The lowest BCUT2D eigenvalue weighted by Crippen LogP contribution is -2.35. The summed E-state index contributed by atoms with van der Waals surface area (Å²) in [6, 6.07) is 10.6. The second kappa shape index (κ2) is 8.73. The van der Waals surface area contributed by atoms with E-state index in [1.807, 2.05) is 0 Å². The van der Waals surface area contributed by atoms with Crippen LogP contribution in [0.25, 0.3) is 0 Å². The van der Waals surface area contributed by atoms with Gasteiger partial charge in [-0.2, -0.15) is 0 Å². The smallest absolute Gasteiger partial charge is 0.0364 e. The minimum atomic E-state index is 0. The second-order valence-corrected chi connectivity index (χ2v) is 5.80. The molecule has 5 heteroatoms. The van der Waals surface area contributed by atoms with Gasteiger partial charge in [-0.25, -0.2) is 0 Å². The van der Waals surface area contributed by atoms with E-state index in [0.29, 0.717) is 5.41 Å². The van der Waals surface area contributed by atoms with Gasteiger partial charge in [0, 0.05) is 32.4 Å². The normalized spacial score (nSPS) is 21.9. The van der Waals surface area contributed by atoms with E-state index < -0.39 is 0 Å². The summed E-state index contributed by atoms with van der Waals surface area (Å²) in [7, 11) is 2.16. The molecule has 0 aliphatic carbocycles. The molecule has 1 aromatic carbocycles. The predicted molar refractivity (Wildman–Crippen MR) is 92.4 cm³/mol. The SMILES string of the molecule is CN(CCN1CCC(C)(CN)C1)c1ccccc1.Cl.Cl. The Hall–Kier alpha value is -0.480. The van der Waals surface area contributed by atoms with Crippen molar-refractivity contribution in [3.05, 3.63) is 30.3 Å². The van der Waals surface area contributed by atoms with Crippen LogP contribution in [0.5, 0.6) is 0 Å². The highest BCUT2D eigenvalue weighted by Gasteiger charge is 2.31. The fourth-order valence-corrected chi connectivity index (χ4v) is 2.59. The van der Waals surface area contributed by atoms with E-state index in [2.05, 4.69) is 54.1 Å². The van der Waals surface area contributed by atoms with Gasteiger partial charge in [-0.05, 0) is 37.1 Å². The zero-order valence-electron chi connectivity index (χ0n) is 12.4.